The number of methoxy groups -OCH3 is 1. The molecule has 4 aromatic heterocycles. The first-order valence-electron chi connectivity index (χ1n) is 8.90. The van der Waals surface area contributed by atoms with Crippen LogP contribution in [0, 0.1) is 17.3 Å². The van der Waals surface area contributed by atoms with E-state index in [4.69, 9.17) is 10.00 Å². The number of aromatic amines is 1. The van der Waals surface area contributed by atoms with Gasteiger partial charge in [-0.3, -0.25) is 0 Å². The van der Waals surface area contributed by atoms with E-state index in [9.17, 15) is 4.39 Å². The van der Waals surface area contributed by atoms with Crippen LogP contribution in [0.1, 0.15) is 22.3 Å². The number of anilines is 1. The lowest BCUT2D eigenvalue weighted by molar-refractivity contribution is 0.397. The predicted molar refractivity (Wildman–Crippen MR) is 106 cm³/mol. The standard InChI is InChI=1S/C21H17FN6O/c1-29-19-5-2-13(10-25-19)9-24-18-4-3-15(20(22)28-18)7-16-12-27-21-17(16)6-14(8-23)11-26-21/h2-6,10-12H,7,9H2,1H3,(H,24,28)(H,26,27). The highest BCUT2D eigenvalue weighted by Crippen LogP contribution is 2.22. The minimum atomic E-state index is -0.540. The SMILES string of the molecule is COc1ccc(CNc2ccc(Cc3c[nH]c4ncc(C#N)cc34)c(F)n2)cn1. The predicted octanol–water partition coefficient (Wildman–Crippen LogP) is 3.58. The van der Waals surface area contributed by atoms with Gasteiger partial charge in [0.25, 0.3) is 0 Å². The number of hydrogen-bond acceptors (Lipinski definition) is 6. The van der Waals surface area contributed by atoms with E-state index in [1.165, 1.54) is 6.20 Å². The molecule has 4 heterocycles. The highest BCUT2D eigenvalue weighted by molar-refractivity contribution is 5.81. The maximum Gasteiger partial charge on any atom is 0.218 e. The second kappa shape index (κ2) is 7.94. The first kappa shape index (κ1) is 18.4. The van der Waals surface area contributed by atoms with E-state index in [1.54, 1.807) is 43.8 Å². The Bertz CT molecular complexity index is 1200. The van der Waals surface area contributed by atoms with E-state index in [1.807, 2.05) is 6.07 Å². The van der Waals surface area contributed by atoms with Crippen LogP contribution in [0.2, 0.25) is 0 Å². The van der Waals surface area contributed by atoms with Crippen LogP contribution in [0.15, 0.2) is 48.9 Å². The summed E-state index contributed by atoms with van der Waals surface area (Å²) in [6.45, 7) is 0.466. The molecule has 29 heavy (non-hydrogen) atoms. The van der Waals surface area contributed by atoms with Crippen LogP contribution in [0.3, 0.4) is 0 Å². The fourth-order valence-corrected chi connectivity index (χ4v) is 2.99. The number of halogens is 1. The van der Waals surface area contributed by atoms with E-state index < -0.39 is 5.95 Å². The van der Waals surface area contributed by atoms with E-state index in [0.29, 0.717) is 41.4 Å². The van der Waals surface area contributed by atoms with Crippen molar-refractivity contribution in [2.45, 2.75) is 13.0 Å². The van der Waals surface area contributed by atoms with Crippen molar-refractivity contribution in [1.29, 1.82) is 5.26 Å². The van der Waals surface area contributed by atoms with Gasteiger partial charge in [-0.25, -0.2) is 15.0 Å². The molecule has 0 bridgehead atoms. The minimum absolute atomic E-state index is 0.345. The Kier molecular flexibility index (Phi) is 5.03. The molecule has 0 unspecified atom stereocenters. The van der Waals surface area contributed by atoms with Gasteiger partial charge >= 0.3 is 0 Å². The monoisotopic (exact) mass is 388 g/mol. The number of H-pyrrole nitrogens is 1. The number of nitriles is 1. The van der Waals surface area contributed by atoms with Crippen molar-refractivity contribution in [3.63, 3.8) is 0 Å². The van der Waals surface area contributed by atoms with E-state index >= 15 is 0 Å². The van der Waals surface area contributed by atoms with Gasteiger partial charge < -0.3 is 15.0 Å². The summed E-state index contributed by atoms with van der Waals surface area (Å²) in [6.07, 6.45) is 5.32. The van der Waals surface area contributed by atoms with Gasteiger partial charge in [0.05, 0.1) is 12.7 Å². The van der Waals surface area contributed by atoms with Gasteiger partial charge in [-0.05, 0) is 23.3 Å². The second-order valence-electron chi connectivity index (χ2n) is 6.43. The molecule has 0 aliphatic carbocycles. The molecule has 8 heteroatoms. The molecule has 4 aromatic rings. The number of nitrogens with zero attached hydrogens (tertiary/aromatic N) is 4. The number of hydrogen-bond donors (Lipinski definition) is 2. The normalized spacial score (nSPS) is 10.7. The molecule has 0 aromatic carbocycles. The molecule has 0 fully saturated rings. The van der Waals surface area contributed by atoms with Gasteiger partial charge in [0.2, 0.25) is 11.8 Å². The van der Waals surface area contributed by atoms with Crippen molar-refractivity contribution < 1.29 is 9.13 Å². The summed E-state index contributed by atoms with van der Waals surface area (Å²) >= 11 is 0. The Morgan fingerprint density at radius 3 is 2.79 bits per heavy atom. The van der Waals surface area contributed by atoms with Gasteiger partial charge in [0, 0.05) is 48.6 Å². The van der Waals surface area contributed by atoms with Crippen LogP contribution in [0.25, 0.3) is 11.0 Å². The molecule has 0 saturated carbocycles. The van der Waals surface area contributed by atoms with E-state index in [-0.39, 0.29) is 0 Å². The van der Waals surface area contributed by atoms with Crippen LogP contribution >= 0.6 is 0 Å². The summed E-state index contributed by atoms with van der Waals surface area (Å²) < 4.78 is 19.6. The number of fused-ring (bicyclic) bond motifs is 1. The molecule has 4 rings (SSSR count). The molecule has 2 N–H and O–H groups in total. The average Bonchev–Trinajstić information content (AvgIpc) is 3.16. The molecule has 0 radical (unpaired) electrons. The quantitative estimate of drug-likeness (QED) is 0.490. The lowest BCUT2D eigenvalue weighted by atomic mass is 10.1. The topological polar surface area (TPSA) is 99.5 Å². The molecule has 0 atom stereocenters. The third-order valence-corrected chi connectivity index (χ3v) is 4.53. The molecular weight excluding hydrogens is 371 g/mol. The number of ether oxygens (including phenoxy) is 1. The maximum atomic E-state index is 14.6. The Labute approximate surface area is 166 Å². The van der Waals surface area contributed by atoms with Crippen molar-refractivity contribution in [3.05, 3.63) is 77.1 Å². The van der Waals surface area contributed by atoms with Gasteiger partial charge in [0.15, 0.2) is 0 Å². The van der Waals surface area contributed by atoms with Crippen molar-refractivity contribution in [2.75, 3.05) is 12.4 Å². The van der Waals surface area contributed by atoms with Crippen LogP contribution in [-0.4, -0.2) is 27.0 Å². The van der Waals surface area contributed by atoms with Crippen LogP contribution in [0.4, 0.5) is 10.2 Å². The average molecular weight is 388 g/mol. The summed E-state index contributed by atoms with van der Waals surface area (Å²) in [6, 6.07) is 10.9. The zero-order chi connectivity index (χ0) is 20.2. The molecule has 144 valence electrons. The number of nitrogens with one attached hydrogen (secondary N) is 2. The molecule has 0 amide bonds. The maximum absolute atomic E-state index is 14.6. The molecule has 0 aliphatic heterocycles. The molecule has 0 spiro atoms. The van der Waals surface area contributed by atoms with Crippen LogP contribution in [0.5, 0.6) is 5.88 Å². The lowest BCUT2D eigenvalue weighted by Gasteiger charge is -2.08. The van der Waals surface area contributed by atoms with E-state index in [2.05, 4.69) is 31.3 Å². The Hall–Kier alpha value is -3.99. The van der Waals surface area contributed by atoms with Gasteiger partial charge in [-0.2, -0.15) is 9.65 Å². The lowest BCUT2D eigenvalue weighted by Crippen LogP contribution is -2.04. The van der Waals surface area contributed by atoms with Crippen LogP contribution in [-0.2, 0) is 13.0 Å². The molecule has 0 saturated heterocycles. The largest absolute Gasteiger partial charge is 0.481 e. The minimum Gasteiger partial charge on any atom is -0.481 e. The van der Waals surface area contributed by atoms with E-state index in [0.717, 1.165) is 16.5 Å². The third-order valence-electron chi connectivity index (χ3n) is 4.53. The van der Waals surface area contributed by atoms with Crippen molar-refractivity contribution in [1.82, 2.24) is 19.9 Å². The zero-order valence-corrected chi connectivity index (χ0v) is 15.6. The Balaban J connectivity index is 1.48. The van der Waals surface area contributed by atoms with Crippen molar-refractivity contribution in [3.8, 4) is 11.9 Å². The summed E-state index contributed by atoms with van der Waals surface area (Å²) in [5.74, 6) is 0.438. The second-order valence-corrected chi connectivity index (χ2v) is 6.43. The third kappa shape index (κ3) is 3.99. The summed E-state index contributed by atoms with van der Waals surface area (Å²) in [7, 11) is 1.56. The zero-order valence-electron chi connectivity index (χ0n) is 15.6. The highest BCUT2D eigenvalue weighted by atomic mass is 19.1. The first-order valence-corrected chi connectivity index (χ1v) is 8.90. The number of rotatable bonds is 6. The molecule has 0 aliphatic rings. The fourth-order valence-electron chi connectivity index (χ4n) is 2.99. The van der Waals surface area contributed by atoms with Crippen LogP contribution < -0.4 is 10.1 Å². The van der Waals surface area contributed by atoms with Crippen molar-refractivity contribution >= 4 is 16.9 Å². The molecular formula is C21H17FN6O. The summed E-state index contributed by atoms with van der Waals surface area (Å²) in [5.41, 5.74) is 3.38. The van der Waals surface area contributed by atoms with Gasteiger partial charge in [-0.1, -0.05) is 12.1 Å². The Morgan fingerprint density at radius 2 is 2.07 bits per heavy atom. The number of aromatic nitrogens is 4. The fraction of sp³-hybridized carbons (Fsp3) is 0.143. The number of pyridine rings is 3. The van der Waals surface area contributed by atoms with Gasteiger partial charge in [-0.15, -0.1) is 0 Å². The smallest absolute Gasteiger partial charge is 0.218 e. The highest BCUT2D eigenvalue weighted by Gasteiger charge is 2.11. The van der Waals surface area contributed by atoms with Crippen molar-refractivity contribution in [2.24, 2.45) is 0 Å². The summed E-state index contributed by atoms with van der Waals surface area (Å²) in [5, 5.41) is 13.0. The first-order chi connectivity index (χ1) is 14.2. The summed E-state index contributed by atoms with van der Waals surface area (Å²) in [4.78, 5) is 15.4. The molecule has 7 nitrogen and oxygen atoms in total. The van der Waals surface area contributed by atoms with Gasteiger partial charge in [0.1, 0.15) is 17.5 Å². The Morgan fingerprint density at radius 1 is 1.17 bits per heavy atom.